The molecule has 0 aliphatic heterocycles. The predicted octanol–water partition coefficient (Wildman–Crippen LogP) is 1.62. The molecule has 0 bridgehead atoms. The van der Waals surface area contributed by atoms with Crippen LogP contribution in [-0.4, -0.2) is 25.2 Å². The molecule has 0 heterocycles. The summed E-state index contributed by atoms with van der Waals surface area (Å²) in [7, 11) is 1.23. The first-order valence-corrected chi connectivity index (χ1v) is 5.32. The zero-order valence-electron chi connectivity index (χ0n) is 10.2. The number of methoxy groups -OCH3 is 1. The van der Waals surface area contributed by atoms with Gasteiger partial charge >= 0.3 is 5.97 Å². The molecular weight excluding hydrogens is 244 g/mol. The molecule has 4 nitrogen and oxygen atoms in total. The maximum atomic E-state index is 13.2. The van der Waals surface area contributed by atoms with Gasteiger partial charge in [-0.2, -0.15) is 0 Å². The molecule has 18 heavy (non-hydrogen) atoms. The van der Waals surface area contributed by atoms with E-state index in [2.05, 4.69) is 4.74 Å². The minimum Gasteiger partial charge on any atom is -0.490 e. The molecule has 0 aliphatic carbocycles. The lowest BCUT2D eigenvalue weighted by atomic mass is 10.0. The second-order valence-corrected chi connectivity index (χ2v) is 4.08. The van der Waals surface area contributed by atoms with Gasteiger partial charge in [-0.25, -0.2) is 8.78 Å². The van der Waals surface area contributed by atoms with Gasteiger partial charge in [-0.3, -0.25) is 4.79 Å². The smallest absolute Gasteiger partial charge is 0.325 e. The van der Waals surface area contributed by atoms with Crippen LogP contribution >= 0.6 is 0 Å². The maximum Gasteiger partial charge on any atom is 0.325 e. The van der Waals surface area contributed by atoms with Crippen LogP contribution in [0.4, 0.5) is 8.78 Å². The van der Waals surface area contributed by atoms with Gasteiger partial charge < -0.3 is 15.2 Å². The van der Waals surface area contributed by atoms with Crippen molar-refractivity contribution in [2.45, 2.75) is 18.9 Å². The first-order valence-electron chi connectivity index (χ1n) is 5.32. The van der Waals surface area contributed by atoms with E-state index < -0.39 is 23.1 Å². The van der Waals surface area contributed by atoms with Crippen molar-refractivity contribution >= 4 is 5.97 Å². The minimum atomic E-state index is -1.20. The molecule has 1 aromatic carbocycles. The SMILES string of the molecule is COC(=O)C(C)(N)CCOc1ccc(F)cc1F. The van der Waals surface area contributed by atoms with Crippen LogP contribution in [-0.2, 0) is 9.53 Å². The summed E-state index contributed by atoms with van der Waals surface area (Å²) in [6.07, 6.45) is 0.149. The Kier molecular flexibility index (Phi) is 4.61. The molecule has 1 unspecified atom stereocenters. The fourth-order valence-corrected chi connectivity index (χ4v) is 1.30. The van der Waals surface area contributed by atoms with Crippen LogP contribution in [0.3, 0.4) is 0 Å². The quantitative estimate of drug-likeness (QED) is 0.816. The van der Waals surface area contributed by atoms with Crippen molar-refractivity contribution in [3.8, 4) is 5.75 Å². The average Bonchev–Trinajstić information content (AvgIpc) is 2.30. The van der Waals surface area contributed by atoms with Crippen molar-refractivity contribution in [3.63, 3.8) is 0 Å². The molecule has 0 saturated heterocycles. The van der Waals surface area contributed by atoms with E-state index >= 15 is 0 Å². The van der Waals surface area contributed by atoms with Gasteiger partial charge in [0.2, 0.25) is 0 Å². The Hall–Kier alpha value is -1.69. The molecule has 0 aromatic heterocycles. The Morgan fingerprint density at radius 1 is 1.44 bits per heavy atom. The molecule has 0 aliphatic rings. The Balaban J connectivity index is 2.54. The number of carbonyl (C=O) groups is 1. The Morgan fingerprint density at radius 3 is 2.67 bits per heavy atom. The highest BCUT2D eigenvalue weighted by molar-refractivity contribution is 5.79. The highest BCUT2D eigenvalue weighted by Gasteiger charge is 2.29. The van der Waals surface area contributed by atoms with Crippen molar-refractivity contribution in [1.82, 2.24) is 0 Å². The first-order chi connectivity index (χ1) is 8.36. The number of hydrogen-bond acceptors (Lipinski definition) is 4. The van der Waals surface area contributed by atoms with Gasteiger partial charge in [0, 0.05) is 12.5 Å². The highest BCUT2D eigenvalue weighted by Crippen LogP contribution is 2.18. The Bertz CT molecular complexity index is 435. The summed E-state index contributed by atoms with van der Waals surface area (Å²) in [5.74, 6) is -2.15. The van der Waals surface area contributed by atoms with Crippen LogP contribution in [0, 0.1) is 11.6 Å². The van der Waals surface area contributed by atoms with Crippen molar-refractivity contribution in [3.05, 3.63) is 29.8 Å². The second kappa shape index (κ2) is 5.77. The first kappa shape index (κ1) is 14.4. The van der Waals surface area contributed by atoms with E-state index in [-0.39, 0.29) is 18.8 Å². The number of benzene rings is 1. The number of halogens is 2. The van der Waals surface area contributed by atoms with E-state index in [4.69, 9.17) is 10.5 Å². The third kappa shape index (κ3) is 3.66. The molecule has 0 spiro atoms. The van der Waals surface area contributed by atoms with Gasteiger partial charge in [0.1, 0.15) is 11.4 Å². The van der Waals surface area contributed by atoms with Crippen molar-refractivity contribution in [2.24, 2.45) is 5.73 Å². The standard InChI is InChI=1S/C12H15F2NO3/c1-12(15,11(16)17-2)5-6-18-10-4-3-8(13)7-9(10)14/h3-4,7H,5-6,15H2,1-2H3. The van der Waals surface area contributed by atoms with Crippen LogP contribution in [0.5, 0.6) is 5.75 Å². The van der Waals surface area contributed by atoms with Crippen LogP contribution < -0.4 is 10.5 Å². The van der Waals surface area contributed by atoms with Crippen LogP contribution in [0.25, 0.3) is 0 Å². The maximum absolute atomic E-state index is 13.2. The van der Waals surface area contributed by atoms with Gasteiger partial charge in [-0.05, 0) is 19.1 Å². The molecule has 100 valence electrons. The summed E-state index contributed by atoms with van der Waals surface area (Å²) < 4.78 is 35.4. The summed E-state index contributed by atoms with van der Waals surface area (Å²) in [4.78, 5) is 11.3. The van der Waals surface area contributed by atoms with Gasteiger partial charge in [0.15, 0.2) is 11.6 Å². The third-order valence-electron chi connectivity index (χ3n) is 2.42. The van der Waals surface area contributed by atoms with E-state index in [1.807, 2.05) is 0 Å². The van der Waals surface area contributed by atoms with E-state index in [1.165, 1.54) is 20.1 Å². The van der Waals surface area contributed by atoms with Gasteiger partial charge in [-0.15, -0.1) is 0 Å². The van der Waals surface area contributed by atoms with Gasteiger partial charge in [0.25, 0.3) is 0 Å². The lowest BCUT2D eigenvalue weighted by molar-refractivity contribution is -0.146. The molecule has 0 radical (unpaired) electrons. The number of rotatable bonds is 5. The monoisotopic (exact) mass is 259 g/mol. The molecule has 6 heteroatoms. The third-order valence-corrected chi connectivity index (χ3v) is 2.42. The van der Waals surface area contributed by atoms with Crippen molar-refractivity contribution < 1.29 is 23.0 Å². The topological polar surface area (TPSA) is 61.5 Å². The van der Waals surface area contributed by atoms with E-state index in [0.29, 0.717) is 0 Å². The molecule has 1 rings (SSSR count). The molecule has 0 fully saturated rings. The van der Waals surface area contributed by atoms with E-state index in [1.54, 1.807) is 0 Å². The molecule has 0 amide bonds. The van der Waals surface area contributed by atoms with Gasteiger partial charge in [0.05, 0.1) is 13.7 Å². The van der Waals surface area contributed by atoms with Crippen molar-refractivity contribution in [1.29, 1.82) is 0 Å². The molecular formula is C12H15F2NO3. The zero-order chi connectivity index (χ0) is 13.8. The number of ether oxygens (including phenoxy) is 2. The second-order valence-electron chi connectivity index (χ2n) is 4.08. The molecule has 1 aromatic rings. The van der Waals surface area contributed by atoms with E-state index in [9.17, 15) is 13.6 Å². The van der Waals surface area contributed by atoms with E-state index in [0.717, 1.165) is 12.1 Å². The summed E-state index contributed by atoms with van der Waals surface area (Å²) in [5.41, 5.74) is 4.49. The van der Waals surface area contributed by atoms with Gasteiger partial charge in [-0.1, -0.05) is 0 Å². The van der Waals surface area contributed by atoms with Crippen molar-refractivity contribution in [2.75, 3.05) is 13.7 Å². The Morgan fingerprint density at radius 2 is 2.11 bits per heavy atom. The lowest BCUT2D eigenvalue weighted by Crippen LogP contribution is -2.46. The summed E-state index contributed by atoms with van der Waals surface area (Å²) in [6.45, 7) is 1.51. The molecule has 0 saturated carbocycles. The molecule has 2 N–H and O–H groups in total. The van der Waals surface area contributed by atoms with Crippen LogP contribution in [0.2, 0.25) is 0 Å². The fraction of sp³-hybridized carbons (Fsp3) is 0.417. The minimum absolute atomic E-state index is 0.0185. The average molecular weight is 259 g/mol. The van der Waals surface area contributed by atoms with Crippen LogP contribution in [0.1, 0.15) is 13.3 Å². The summed E-state index contributed by atoms with van der Waals surface area (Å²) >= 11 is 0. The number of nitrogens with two attached hydrogens (primary N) is 1. The number of hydrogen-bond donors (Lipinski definition) is 1. The summed E-state index contributed by atoms with van der Waals surface area (Å²) in [5, 5.41) is 0. The normalized spacial score (nSPS) is 13.8. The number of carbonyl (C=O) groups excluding carboxylic acids is 1. The predicted molar refractivity (Wildman–Crippen MR) is 61.1 cm³/mol. The highest BCUT2D eigenvalue weighted by atomic mass is 19.1. The summed E-state index contributed by atoms with van der Waals surface area (Å²) in [6, 6.07) is 2.98. The Labute approximate surface area is 104 Å². The number of esters is 1. The lowest BCUT2D eigenvalue weighted by Gasteiger charge is -2.21. The molecule has 1 atom stereocenters. The van der Waals surface area contributed by atoms with Crippen LogP contribution in [0.15, 0.2) is 18.2 Å². The zero-order valence-corrected chi connectivity index (χ0v) is 10.2. The largest absolute Gasteiger partial charge is 0.490 e. The fourth-order valence-electron chi connectivity index (χ4n) is 1.30.